The molecule has 1 saturated carbocycles. The Labute approximate surface area is 182 Å². The highest BCUT2D eigenvalue weighted by atomic mass is 16.4. The average molecular weight is 424 g/mol. The maximum Gasteiger partial charge on any atom is 0.300 e. The number of hydrogen-bond acceptors (Lipinski definition) is 6. The minimum Gasteiger partial charge on any atom is -0.481 e. The van der Waals surface area contributed by atoms with E-state index < -0.39 is 5.97 Å². The highest BCUT2D eigenvalue weighted by Crippen LogP contribution is 2.34. The summed E-state index contributed by atoms with van der Waals surface area (Å²) in [5.41, 5.74) is 2.10. The summed E-state index contributed by atoms with van der Waals surface area (Å²) in [5, 5.41) is 20.2. The monoisotopic (exact) mass is 423 g/mol. The lowest BCUT2D eigenvalue weighted by Crippen LogP contribution is -2.21. The molecule has 2 heterocycles. The summed E-state index contributed by atoms with van der Waals surface area (Å²) in [7, 11) is 0. The fourth-order valence-corrected chi connectivity index (χ4v) is 3.82. The van der Waals surface area contributed by atoms with Crippen molar-refractivity contribution in [3.05, 3.63) is 60.7 Å². The molecule has 31 heavy (non-hydrogen) atoms. The zero-order chi connectivity index (χ0) is 22.1. The molecule has 1 aromatic carbocycles. The summed E-state index contributed by atoms with van der Waals surface area (Å²) >= 11 is 0. The molecule has 2 aromatic heterocycles. The predicted octanol–water partition coefficient (Wildman–Crippen LogP) is 3.77. The quantitative estimate of drug-likeness (QED) is 0.553. The molecule has 3 N–H and O–H groups in total. The molecule has 0 unspecified atom stereocenters. The van der Waals surface area contributed by atoms with Crippen LogP contribution >= 0.6 is 0 Å². The van der Waals surface area contributed by atoms with Crippen LogP contribution in [0.25, 0.3) is 11.4 Å². The number of nitrogens with zero attached hydrogens (tertiary/aromatic N) is 4. The van der Waals surface area contributed by atoms with Gasteiger partial charge in [0.05, 0.1) is 5.56 Å². The SMILES string of the molecule is CC(=O)O.OC[C@@H]1CCC[C@@H](n2ccnc2-c2cnc(NCc3ccccc3)nc2)C1. The Balaban J connectivity index is 0.000000628. The lowest BCUT2D eigenvalue weighted by Gasteiger charge is -2.29. The Bertz CT molecular complexity index is 939. The predicted molar refractivity (Wildman–Crippen MR) is 118 cm³/mol. The number of aromatic nitrogens is 4. The van der Waals surface area contributed by atoms with Gasteiger partial charge in [0.2, 0.25) is 5.95 Å². The number of aliphatic carboxylic acids is 1. The first kappa shape index (κ1) is 22.4. The Hall–Kier alpha value is -3.26. The van der Waals surface area contributed by atoms with Crippen molar-refractivity contribution >= 4 is 11.9 Å². The summed E-state index contributed by atoms with van der Waals surface area (Å²) in [5.74, 6) is 1.06. The third-order valence-corrected chi connectivity index (χ3v) is 5.28. The van der Waals surface area contributed by atoms with Crippen molar-refractivity contribution in [3.8, 4) is 11.4 Å². The van der Waals surface area contributed by atoms with Crippen LogP contribution in [0.4, 0.5) is 5.95 Å². The second-order valence-electron chi connectivity index (χ2n) is 7.68. The zero-order valence-corrected chi connectivity index (χ0v) is 17.7. The highest BCUT2D eigenvalue weighted by molar-refractivity contribution is 5.63. The fourth-order valence-electron chi connectivity index (χ4n) is 3.82. The highest BCUT2D eigenvalue weighted by Gasteiger charge is 2.24. The van der Waals surface area contributed by atoms with E-state index in [1.165, 1.54) is 5.56 Å². The number of aliphatic hydroxyl groups excluding tert-OH is 1. The number of carboxylic acid groups (broad SMARTS) is 1. The van der Waals surface area contributed by atoms with E-state index in [-0.39, 0.29) is 6.61 Å². The molecule has 0 bridgehead atoms. The van der Waals surface area contributed by atoms with E-state index in [1.807, 2.05) is 43.0 Å². The molecule has 1 aliphatic rings. The second-order valence-corrected chi connectivity index (χ2v) is 7.68. The van der Waals surface area contributed by atoms with Crippen molar-refractivity contribution in [2.24, 2.45) is 5.92 Å². The summed E-state index contributed by atoms with van der Waals surface area (Å²) in [6, 6.07) is 10.6. The molecule has 3 aromatic rings. The minimum absolute atomic E-state index is 0.269. The lowest BCUT2D eigenvalue weighted by atomic mass is 9.86. The zero-order valence-electron chi connectivity index (χ0n) is 17.7. The van der Waals surface area contributed by atoms with Gasteiger partial charge in [0.25, 0.3) is 5.97 Å². The molecule has 164 valence electrons. The third kappa shape index (κ3) is 6.62. The van der Waals surface area contributed by atoms with Gasteiger partial charge in [-0.15, -0.1) is 0 Å². The summed E-state index contributed by atoms with van der Waals surface area (Å²) < 4.78 is 2.22. The van der Waals surface area contributed by atoms with Gasteiger partial charge < -0.3 is 20.1 Å². The van der Waals surface area contributed by atoms with Crippen LogP contribution < -0.4 is 5.32 Å². The number of carbonyl (C=O) groups is 1. The summed E-state index contributed by atoms with van der Waals surface area (Å²) in [6.07, 6.45) is 11.9. The van der Waals surface area contributed by atoms with Gasteiger partial charge in [-0.1, -0.05) is 36.8 Å². The van der Waals surface area contributed by atoms with Gasteiger partial charge >= 0.3 is 0 Å². The smallest absolute Gasteiger partial charge is 0.300 e. The molecule has 1 fully saturated rings. The van der Waals surface area contributed by atoms with Crippen LogP contribution in [-0.2, 0) is 11.3 Å². The van der Waals surface area contributed by atoms with Crippen LogP contribution in [0.1, 0.15) is 44.2 Å². The van der Waals surface area contributed by atoms with Crippen LogP contribution in [0, 0.1) is 5.92 Å². The molecule has 0 amide bonds. The van der Waals surface area contributed by atoms with Crippen molar-refractivity contribution in [1.82, 2.24) is 19.5 Å². The number of benzene rings is 1. The standard InChI is InChI=1S/C21H25N5O.C2H4O2/c27-15-17-7-4-8-19(11-17)26-10-9-22-20(26)18-13-24-21(25-14-18)23-12-16-5-2-1-3-6-16;1-2(3)4/h1-3,5-6,9-10,13-14,17,19,27H,4,7-8,11-12,15H2,(H,23,24,25);1H3,(H,3,4)/t17-,19-;/m1./s1. The van der Waals surface area contributed by atoms with Gasteiger partial charge in [0.15, 0.2) is 0 Å². The number of imidazole rings is 1. The van der Waals surface area contributed by atoms with Gasteiger partial charge in [-0.25, -0.2) is 15.0 Å². The van der Waals surface area contributed by atoms with Crippen molar-refractivity contribution in [3.63, 3.8) is 0 Å². The average Bonchev–Trinajstić information content (AvgIpc) is 3.28. The van der Waals surface area contributed by atoms with Crippen molar-refractivity contribution in [2.45, 2.75) is 45.2 Å². The number of carboxylic acids is 1. The van der Waals surface area contributed by atoms with Crippen molar-refractivity contribution in [1.29, 1.82) is 0 Å². The van der Waals surface area contributed by atoms with E-state index in [0.717, 1.165) is 44.0 Å². The first-order valence-electron chi connectivity index (χ1n) is 10.5. The minimum atomic E-state index is -0.833. The summed E-state index contributed by atoms with van der Waals surface area (Å²) in [4.78, 5) is 22.4. The largest absolute Gasteiger partial charge is 0.481 e. The van der Waals surface area contributed by atoms with E-state index >= 15 is 0 Å². The maximum atomic E-state index is 9.50. The Morgan fingerprint density at radius 2 is 1.87 bits per heavy atom. The molecule has 8 heteroatoms. The van der Waals surface area contributed by atoms with E-state index in [1.54, 1.807) is 0 Å². The molecular formula is C23H29N5O3. The third-order valence-electron chi connectivity index (χ3n) is 5.28. The van der Waals surface area contributed by atoms with Crippen LogP contribution in [-0.4, -0.2) is 42.3 Å². The van der Waals surface area contributed by atoms with E-state index in [2.05, 4.69) is 37.0 Å². The van der Waals surface area contributed by atoms with Crippen molar-refractivity contribution < 1.29 is 15.0 Å². The Kier molecular flexibility index (Phi) is 8.12. The molecule has 0 radical (unpaired) electrons. The number of nitrogens with one attached hydrogen (secondary N) is 1. The van der Waals surface area contributed by atoms with Crippen LogP contribution in [0.3, 0.4) is 0 Å². The van der Waals surface area contributed by atoms with E-state index in [4.69, 9.17) is 9.90 Å². The first-order valence-corrected chi connectivity index (χ1v) is 10.5. The Morgan fingerprint density at radius 3 is 2.55 bits per heavy atom. The van der Waals surface area contributed by atoms with E-state index in [9.17, 15) is 5.11 Å². The Morgan fingerprint density at radius 1 is 1.16 bits per heavy atom. The summed E-state index contributed by atoms with van der Waals surface area (Å²) in [6.45, 7) is 2.05. The van der Waals surface area contributed by atoms with Gasteiger partial charge in [-0.05, 0) is 30.7 Å². The topological polar surface area (TPSA) is 113 Å². The number of rotatable bonds is 6. The number of aliphatic hydroxyl groups is 1. The van der Waals surface area contributed by atoms with Gasteiger partial charge in [-0.3, -0.25) is 4.79 Å². The van der Waals surface area contributed by atoms with E-state index in [0.29, 0.717) is 24.5 Å². The van der Waals surface area contributed by atoms with Crippen LogP contribution in [0.2, 0.25) is 0 Å². The first-order chi connectivity index (χ1) is 15.1. The number of hydrogen-bond donors (Lipinski definition) is 3. The van der Waals surface area contributed by atoms with Gasteiger partial charge in [0, 0.05) is 50.9 Å². The lowest BCUT2D eigenvalue weighted by molar-refractivity contribution is -0.134. The van der Waals surface area contributed by atoms with Crippen molar-refractivity contribution in [2.75, 3.05) is 11.9 Å². The molecule has 0 saturated heterocycles. The molecule has 0 aliphatic heterocycles. The molecule has 2 atom stereocenters. The van der Waals surface area contributed by atoms with Gasteiger partial charge in [0.1, 0.15) is 5.82 Å². The van der Waals surface area contributed by atoms with Gasteiger partial charge in [-0.2, -0.15) is 0 Å². The van der Waals surface area contributed by atoms with Crippen LogP contribution in [0.5, 0.6) is 0 Å². The van der Waals surface area contributed by atoms with Crippen LogP contribution in [0.15, 0.2) is 55.1 Å². The molecule has 4 rings (SSSR count). The molecule has 1 aliphatic carbocycles. The molecule has 0 spiro atoms. The number of anilines is 1. The fraction of sp³-hybridized carbons (Fsp3) is 0.391. The molecular weight excluding hydrogens is 394 g/mol. The second kappa shape index (κ2) is 11.2. The maximum absolute atomic E-state index is 9.50. The molecule has 8 nitrogen and oxygen atoms in total. The normalized spacial score (nSPS) is 18.0.